The first-order valence-electron chi connectivity index (χ1n) is 7.57. The number of rotatable bonds is 4. The molecule has 0 radical (unpaired) electrons. The van der Waals surface area contributed by atoms with E-state index < -0.39 is 9.84 Å². The van der Waals surface area contributed by atoms with E-state index in [1.54, 1.807) is 12.1 Å². The third-order valence-electron chi connectivity index (χ3n) is 3.97. The monoisotopic (exact) mass is 306 g/mol. The van der Waals surface area contributed by atoms with E-state index in [1.165, 1.54) is 31.4 Å². The Morgan fingerprint density at radius 2 is 1.57 bits per heavy atom. The van der Waals surface area contributed by atoms with E-state index in [0.717, 1.165) is 25.9 Å². The van der Waals surface area contributed by atoms with Crippen LogP contribution in [0.4, 0.5) is 0 Å². The van der Waals surface area contributed by atoms with Gasteiger partial charge in [0.25, 0.3) is 0 Å². The van der Waals surface area contributed by atoms with Crippen molar-refractivity contribution in [1.82, 2.24) is 4.90 Å². The molecule has 0 bridgehead atoms. The molecule has 1 aromatic carbocycles. The molecule has 0 atom stereocenters. The van der Waals surface area contributed by atoms with Gasteiger partial charge in [0.1, 0.15) is 0 Å². The second-order valence-corrected chi connectivity index (χ2v) is 7.67. The Morgan fingerprint density at radius 3 is 2.14 bits per heavy atom. The standard InChI is InChI=1S/C16H22N2O2S/c17-14-15-6-8-16(9-7-15)21(19,20)13-12-18-10-4-2-1-3-5-11-18/h6-9H,1-5,10-13H2. The molecule has 0 amide bonds. The zero-order valence-corrected chi connectivity index (χ0v) is 13.1. The van der Waals surface area contributed by atoms with Gasteiger partial charge in [-0.3, -0.25) is 0 Å². The molecule has 1 fully saturated rings. The summed E-state index contributed by atoms with van der Waals surface area (Å²) < 4.78 is 24.6. The first-order chi connectivity index (χ1) is 10.1. The van der Waals surface area contributed by atoms with Gasteiger partial charge in [-0.25, -0.2) is 8.42 Å². The van der Waals surface area contributed by atoms with Crippen molar-refractivity contribution in [3.63, 3.8) is 0 Å². The molecule has 1 heterocycles. The average molecular weight is 306 g/mol. The Hall–Kier alpha value is -1.38. The Kier molecular flexibility index (Phi) is 5.77. The maximum Gasteiger partial charge on any atom is 0.179 e. The van der Waals surface area contributed by atoms with E-state index in [0.29, 0.717) is 17.0 Å². The number of nitriles is 1. The van der Waals surface area contributed by atoms with Crippen molar-refractivity contribution in [2.75, 3.05) is 25.4 Å². The Labute approximate surface area is 127 Å². The summed E-state index contributed by atoms with van der Waals surface area (Å²) in [6.45, 7) is 2.61. The summed E-state index contributed by atoms with van der Waals surface area (Å²) in [7, 11) is -3.26. The average Bonchev–Trinajstić information content (AvgIpc) is 2.46. The number of hydrogen-bond acceptors (Lipinski definition) is 4. The molecular formula is C16H22N2O2S. The van der Waals surface area contributed by atoms with Gasteiger partial charge in [-0.1, -0.05) is 19.3 Å². The molecule has 0 N–H and O–H groups in total. The van der Waals surface area contributed by atoms with E-state index >= 15 is 0 Å². The Balaban J connectivity index is 1.95. The van der Waals surface area contributed by atoms with Crippen molar-refractivity contribution >= 4 is 9.84 Å². The largest absolute Gasteiger partial charge is 0.302 e. The third kappa shape index (κ3) is 4.83. The summed E-state index contributed by atoms with van der Waals surface area (Å²) in [5.41, 5.74) is 0.484. The van der Waals surface area contributed by atoms with Crippen LogP contribution in [-0.2, 0) is 9.84 Å². The van der Waals surface area contributed by atoms with Crippen LogP contribution in [0.25, 0.3) is 0 Å². The summed E-state index contributed by atoms with van der Waals surface area (Å²) in [6.07, 6.45) is 6.13. The minimum Gasteiger partial charge on any atom is -0.302 e. The number of hydrogen-bond donors (Lipinski definition) is 0. The van der Waals surface area contributed by atoms with Crippen molar-refractivity contribution in [2.24, 2.45) is 0 Å². The minimum absolute atomic E-state index is 0.152. The van der Waals surface area contributed by atoms with Gasteiger partial charge in [0.15, 0.2) is 9.84 Å². The van der Waals surface area contributed by atoms with Crippen molar-refractivity contribution in [3.8, 4) is 6.07 Å². The highest BCUT2D eigenvalue weighted by atomic mass is 32.2. The SMILES string of the molecule is N#Cc1ccc(S(=O)(=O)CCN2CCCCCCC2)cc1. The molecule has 1 aliphatic heterocycles. The fourth-order valence-electron chi connectivity index (χ4n) is 2.64. The van der Waals surface area contributed by atoms with Crippen molar-refractivity contribution in [2.45, 2.75) is 37.0 Å². The Bertz CT molecular complexity index is 580. The minimum atomic E-state index is -3.26. The number of nitrogens with zero attached hydrogens (tertiary/aromatic N) is 2. The van der Waals surface area contributed by atoms with Gasteiger partial charge in [-0.15, -0.1) is 0 Å². The molecular weight excluding hydrogens is 284 g/mol. The lowest BCUT2D eigenvalue weighted by Crippen LogP contribution is -2.32. The van der Waals surface area contributed by atoms with Crippen molar-refractivity contribution < 1.29 is 8.42 Å². The molecule has 0 saturated carbocycles. The number of likely N-dealkylation sites (tertiary alicyclic amines) is 1. The fraction of sp³-hybridized carbons (Fsp3) is 0.562. The molecule has 1 aromatic rings. The lowest BCUT2D eigenvalue weighted by atomic mass is 10.1. The molecule has 0 unspecified atom stereocenters. The van der Waals surface area contributed by atoms with Gasteiger partial charge in [0.2, 0.25) is 0 Å². The van der Waals surface area contributed by atoms with E-state index in [1.807, 2.05) is 6.07 Å². The molecule has 4 nitrogen and oxygen atoms in total. The quantitative estimate of drug-likeness (QED) is 0.858. The summed E-state index contributed by atoms with van der Waals surface area (Å²) in [5, 5.41) is 8.75. The van der Waals surface area contributed by atoms with Crippen molar-refractivity contribution in [3.05, 3.63) is 29.8 Å². The highest BCUT2D eigenvalue weighted by Gasteiger charge is 2.17. The summed E-state index contributed by atoms with van der Waals surface area (Å²) in [6, 6.07) is 8.17. The zero-order chi connectivity index (χ0) is 15.1. The Morgan fingerprint density at radius 1 is 1.00 bits per heavy atom. The van der Waals surface area contributed by atoms with Crippen LogP contribution >= 0.6 is 0 Å². The highest BCUT2D eigenvalue weighted by Crippen LogP contribution is 2.14. The fourth-order valence-corrected chi connectivity index (χ4v) is 3.93. The van der Waals surface area contributed by atoms with Crippen LogP contribution in [0.2, 0.25) is 0 Å². The molecule has 5 heteroatoms. The van der Waals surface area contributed by atoms with Gasteiger partial charge in [0, 0.05) is 6.54 Å². The lowest BCUT2D eigenvalue weighted by molar-refractivity contribution is 0.260. The van der Waals surface area contributed by atoms with E-state index in [4.69, 9.17) is 5.26 Å². The lowest BCUT2D eigenvalue weighted by Gasteiger charge is -2.24. The van der Waals surface area contributed by atoms with Crippen LogP contribution in [-0.4, -0.2) is 38.7 Å². The predicted octanol–water partition coefficient (Wildman–Crippen LogP) is 2.60. The van der Waals surface area contributed by atoms with Crippen LogP contribution in [0.1, 0.15) is 37.7 Å². The molecule has 114 valence electrons. The number of benzene rings is 1. The van der Waals surface area contributed by atoms with Crippen LogP contribution in [0.15, 0.2) is 29.2 Å². The maximum atomic E-state index is 12.3. The molecule has 21 heavy (non-hydrogen) atoms. The summed E-state index contributed by atoms with van der Waals surface area (Å²) in [4.78, 5) is 2.58. The second kappa shape index (κ2) is 7.58. The normalized spacial score (nSPS) is 17.7. The van der Waals surface area contributed by atoms with E-state index in [2.05, 4.69) is 4.90 Å². The first-order valence-corrected chi connectivity index (χ1v) is 9.22. The smallest absolute Gasteiger partial charge is 0.179 e. The third-order valence-corrected chi connectivity index (χ3v) is 5.68. The van der Waals surface area contributed by atoms with Crippen molar-refractivity contribution in [1.29, 1.82) is 5.26 Å². The van der Waals surface area contributed by atoms with E-state index in [9.17, 15) is 8.42 Å². The highest BCUT2D eigenvalue weighted by molar-refractivity contribution is 7.91. The van der Waals surface area contributed by atoms with Gasteiger partial charge < -0.3 is 4.90 Å². The van der Waals surface area contributed by atoms with Crippen LogP contribution in [0.3, 0.4) is 0 Å². The first kappa shape index (κ1) is 16.0. The predicted molar refractivity (Wildman–Crippen MR) is 82.7 cm³/mol. The molecule has 1 saturated heterocycles. The molecule has 0 spiro atoms. The van der Waals surface area contributed by atoms with Crippen LogP contribution in [0.5, 0.6) is 0 Å². The summed E-state index contributed by atoms with van der Waals surface area (Å²) >= 11 is 0. The molecule has 1 aliphatic rings. The van der Waals surface area contributed by atoms with Gasteiger partial charge in [0.05, 0.1) is 22.3 Å². The molecule has 0 aliphatic carbocycles. The summed E-state index contributed by atoms with van der Waals surface area (Å²) in [5.74, 6) is 0.152. The van der Waals surface area contributed by atoms with Crippen LogP contribution < -0.4 is 0 Å². The molecule has 2 rings (SSSR count). The number of sulfone groups is 1. The zero-order valence-electron chi connectivity index (χ0n) is 12.3. The van der Waals surface area contributed by atoms with Gasteiger partial charge in [-0.05, 0) is 50.2 Å². The van der Waals surface area contributed by atoms with Crippen LogP contribution in [0, 0.1) is 11.3 Å². The van der Waals surface area contributed by atoms with E-state index in [-0.39, 0.29) is 5.75 Å². The molecule has 0 aromatic heterocycles. The van der Waals surface area contributed by atoms with Gasteiger partial charge in [-0.2, -0.15) is 5.26 Å². The van der Waals surface area contributed by atoms with Gasteiger partial charge >= 0.3 is 0 Å². The topological polar surface area (TPSA) is 61.2 Å². The second-order valence-electron chi connectivity index (χ2n) is 5.56. The maximum absolute atomic E-state index is 12.3.